The van der Waals surface area contributed by atoms with Crippen LogP contribution < -0.4 is 5.32 Å². The Bertz CT molecular complexity index is 1150. The summed E-state index contributed by atoms with van der Waals surface area (Å²) in [5, 5.41) is 2.81. The third-order valence-corrected chi connectivity index (χ3v) is 5.12. The van der Waals surface area contributed by atoms with Crippen LogP contribution >= 0.6 is 11.3 Å². The SMILES string of the molecule is COC(=O)c1cccc(C#Cc2cccc(NC(=O)c3ccc(C(C)=O)s3)c2)c1. The number of nitrogens with one attached hydrogen (secondary N) is 1. The van der Waals surface area contributed by atoms with Gasteiger partial charge in [-0.25, -0.2) is 4.79 Å². The van der Waals surface area contributed by atoms with E-state index in [-0.39, 0.29) is 11.7 Å². The summed E-state index contributed by atoms with van der Waals surface area (Å²) in [4.78, 5) is 36.4. The van der Waals surface area contributed by atoms with E-state index in [0.717, 1.165) is 11.3 Å². The van der Waals surface area contributed by atoms with Gasteiger partial charge in [0.25, 0.3) is 5.91 Å². The van der Waals surface area contributed by atoms with Gasteiger partial charge < -0.3 is 10.1 Å². The van der Waals surface area contributed by atoms with Crippen LogP contribution in [-0.4, -0.2) is 24.8 Å². The molecule has 5 nitrogen and oxygen atoms in total. The molecule has 0 aliphatic heterocycles. The Hall–Kier alpha value is -3.69. The van der Waals surface area contributed by atoms with Crippen molar-refractivity contribution in [3.8, 4) is 11.8 Å². The molecule has 0 saturated heterocycles. The number of ketones is 1. The van der Waals surface area contributed by atoms with E-state index in [1.807, 2.05) is 6.07 Å². The second kappa shape index (κ2) is 9.00. The van der Waals surface area contributed by atoms with Gasteiger partial charge in [-0.15, -0.1) is 11.3 Å². The van der Waals surface area contributed by atoms with Crippen molar-refractivity contribution in [1.29, 1.82) is 0 Å². The van der Waals surface area contributed by atoms with Gasteiger partial charge >= 0.3 is 5.97 Å². The van der Waals surface area contributed by atoms with Crippen molar-refractivity contribution in [2.45, 2.75) is 6.92 Å². The molecule has 0 atom stereocenters. The molecule has 0 aliphatic rings. The van der Waals surface area contributed by atoms with E-state index < -0.39 is 5.97 Å². The van der Waals surface area contributed by atoms with Crippen LogP contribution in [0.3, 0.4) is 0 Å². The maximum atomic E-state index is 12.4. The molecule has 1 N–H and O–H groups in total. The van der Waals surface area contributed by atoms with E-state index in [2.05, 4.69) is 17.2 Å². The van der Waals surface area contributed by atoms with Crippen molar-refractivity contribution < 1.29 is 19.1 Å². The minimum absolute atomic E-state index is 0.0670. The van der Waals surface area contributed by atoms with Gasteiger partial charge in [-0.2, -0.15) is 0 Å². The van der Waals surface area contributed by atoms with Gasteiger partial charge in [-0.1, -0.05) is 24.0 Å². The molecule has 3 aromatic rings. The van der Waals surface area contributed by atoms with Crippen LogP contribution in [0, 0.1) is 11.8 Å². The molecule has 0 aliphatic carbocycles. The van der Waals surface area contributed by atoms with Crippen LogP contribution in [0.25, 0.3) is 0 Å². The highest BCUT2D eigenvalue weighted by Gasteiger charge is 2.11. The van der Waals surface area contributed by atoms with Crippen molar-refractivity contribution >= 4 is 34.7 Å². The predicted octanol–water partition coefficient (Wildman–Crippen LogP) is 4.39. The van der Waals surface area contributed by atoms with Crippen molar-refractivity contribution in [3.63, 3.8) is 0 Å². The molecular weight excluding hydrogens is 386 g/mol. The standard InChI is InChI=1S/C23H17NO4S/c1-15(25)20-11-12-21(29-20)22(26)24-19-8-4-6-17(14-19)10-9-16-5-3-7-18(13-16)23(27)28-2/h3-8,11-14H,1-2H3,(H,24,26). The number of amides is 1. The van der Waals surface area contributed by atoms with Gasteiger partial charge in [0.15, 0.2) is 5.78 Å². The molecule has 2 aromatic carbocycles. The Balaban J connectivity index is 1.75. The summed E-state index contributed by atoms with van der Waals surface area (Å²) in [6.45, 7) is 1.47. The highest BCUT2D eigenvalue weighted by atomic mass is 32.1. The highest BCUT2D eigenvalue weighted by molar-refractivity contribution is 7.16. The molecule has 0 fully saturated rings. The lowest BCUT2D eigenvalue weighted by molar-refractivity contribution is 0.0600. The quantitative estimate of drug-likeness (QED) is 0.398. The third kappa shape index (κ3) is 5.18. The number of Topliss-reactive ketones (excluding diaryl/α,β-unsaturated/α-hetero) is 1. The lowest BCUT2D eigenvalue weighted by Gasteiger charge is -2.04. The fourth-order valence-electron chi connectivity index (χ4n) is 2.50. The third-order valence-electron chi connectivity index (χ3n) is 3.93. The van der Waals surface area contributed by atoms with Gasteiger partial charge in [0, 0.05) is 16.8 Å². The average Bonchev–Trinajstić information content (AvgIpc) is 3.23. The summed E-state index contributed by atoms with van der Waals surface area (Å²) in [5.41, 5.74) is 2.42. The van der Waals surface area contributed by atoms with E-state index in [1.165, 1.54) is 14.0 Å². The maximum absolute atomic E-state index is 12.4. The first-order valence-electron chi connectivity index (χ1n) is 8.69. The van der Waals surface area contributed by atoms with E-state index in [1.54, 1.807) is 54.6 Å². The van der Waals surface area contributed by atoms with Crippen LogP contribution in [-0.2, 0) is 4.74 Å². The van der Waals surface area contributed by atoms with Gasteiger partial charge in [0.2, 0.25) is 0 Å². The second-order valence-electron chi connectivity index (χ2n) is 6.08. The largest absolute Gasteiger partial charge is 0.465 e. The topological polar surface area (TPSA) is 72.5 Å². The molecule has 144 valence electrons. The molecule has 1 amide bonds. The van der Waals surface area contributed by atoms with Crippen molar-refractivity contribution in [1.82, 2.24) is 0 Å². The zero-order chi connectivity index (χ0) is 20.8. The highest BCUT2D eigenvalue weighted by Crippen LogP contribution is 2.19. The smallest absolute Gasteiger partial charge is 0.337 e. The molecule has 0 bridgehead atoms. The molecular formula is C23H17NO4S. The molecule has 29 heavy (non-hydrogen) atoms. The lowest BCUT2D eigenvalue weighted by Crippen LogP contribution is -2.10. The second-order valence-corrected chi connectivity index (χ2v) is 7.16. The number of rotatable bonds is 4. The van der Waals surface area contributed by atoms with Gasteiger partial charge in [-0.05, 0) is 55.5 Å². The molecule has 1 heterocycles. The van der Waals surface area contributed by atoms with Crippen LogP contribution in [0.1, 0.15) is 47.8 Å². The van der Waals surface area contributed by atoms with E-state index in [4.69, 9.17) is 4.74 Å². The summed E-state index contributed by atoms with van der Waals surface area (Å²) < 4.78 is 4.71. The molecule has 6 heteroatoms. The Morgan fingerprint density at radius 2 is 1.55 bits per heavy atom. The predicted molar refractivity (Wildman–Crippen MR) is 112 cm³/mol. The minimum atomic E-state index is -0.417. The number of anilines is 1. The Kier molecular flexibility index (Phi) is 6.22. The molecule has 0 unspecified atom stereocenters. The first kappa shape index (κ1) is 20.1. The zero-order valence-electron chi connectivity index (χ0n) is 15.8. The zero-order valence-corrected chi connectivity index (χ0v) is 16.6. The average molecular weight is 403 g/mol. The molecule has 1 aromatic heterocycles. The Morgan fingerprint density at radius 1 is 0.897 bits per heavy atom. The number of thiophene rings is 1. The first-order valence-corrected chi connectivity index (χ1v) is 9.50. The van der Waals surface area contributed by atoms with Crippen LogP contribution in [0.15, 0.2) is 60.7 Å². The summed E-state index contributed by atoms with van der Waals surface area (Å²) in [6, 6.07) is 17.3. The number of hydrogen-bond acceptors (Lipinski definition) is 5. The van der Waals surface area contributed by atoms with E-state index >= 15 is 0 Å². The van der Waals surface area contributed by atoms with Crippen molar-refractivity contribution in [2.24, 2.45) is 0 Å². The number of methoxy groups -OCH3 is 1. The number of benzene rings is 2. The van der Waals surface area contributed by atoms with Gasteiger partial charge in [0.1, 0.15) is 0 Å². The van der Waals surface area contributed by atoms with Crippen LogP contribution in [0.4, 0.5) is 5.69 Å². The molecule has 0 spiro atoms. The summed E-state index contributed by atoms with van der Waals surface area (Å²) in [6.07, 6.45) is 0. The Labute approximate surface area is 172 Å². The van der Waals surface area contributed by atoms with E-state index in [0.29, 0.717) is 32.1 Å². The van der Waals surface area contributed by atoms with Crippen LogP contribution in [0.2, 0.25) is 0 Å². The number of esters is 1. The van der Waals surface area contributed by atoms with Gasteiger partial charge in [-0.3, -0.25) is 9.59 Å². The monoisotopic (exact) mass is 403 g/mol. The summed E-state index contributed by atoms with van der Waals surface area (Å²) in [7, 11) is 1.33. The number of carbonyl (C=O) groups is 3. The van der Waals surface area contributed by atoms with E-state index in [9.17, 15) is 14.4 Å². The Morgan fingerprint density at radius 3 is 2.21 bits per heavy atom. The fourth-order valence-corrected chi connectivity index (χ4v) is 3.30. The number of carbonyl (C=O) groups excluding carboxylic acids is 3. The van der Waals surface area contributed by atoms with Crippen molar-refractivity contribution in [2.75, 3.05) is 12.4 Å². The normalized spacial score (nSPS) is 9.86. The molecule has 3 rings (SSSR count). The minimum Gasteiger partial charge on any atom is -0.465 e. The first-order chi connectivity index (χ1) is 14.0. The van der Waals surface area contributed by atoms with Crippen LogP contribution in [0.5, 0.6) is 0 Å². The van der Waals surface area contributed by atoms with Gasteiger partial charge in [0.05, 0.1) is 22.4 Å². The summed E-state index contributed by atoms with van der Waals surface area (Å²) >= 11 is 1.16. The summed E-state index contributed by atoms with van der Waals surface area (Å²) in [5.74, 6) is 5.26. The molecule has 0 radical (unpaired) electrons. The maximum Gasteiger partial charge on any atom is 0.337 e. The fraction of sp³-hybridized carbons (Fsp3) is 0.0870. The van der Waals surface area contributed by atoms with Crippen molar-refractivity contribution in [3.05, 3.63) is 87.1 Å². The molecule has 0 saturated carbocycles. The lowest BCUT2D eigenvalue weighted by atomic mass is 10.1. The number of ether oxygens (including phenoxy) is 1. The number of hydrogen-bond donors (Lipinski definition) is 1.